The van der Waals surface area contributed by atoms with Crippen LogP contribution >= 0.6 is 0 Å². The number of aromatic nitrogens is 2. The summed E-state index contributed by atoms with van der Waals surface area (Å²) in [6.07, 6.45) is 3.22. The molecule has 0 spiro atoms. The Hall–Kier alpha value is -1.71. The fourth-order valence-electron chi connectivity index (χ4n) is 1.17. The van der Waals surface area contributed by atoms with Gasteiger partial charge in [0.2, 0.25) is 0 Å². The molecular weight excluding hydrogens is 154 g/mol. The van der Waals surface area contributed by atoms with Crippen LogP contribution in [0.3, 0.4) is 0 Å². The van der Waals surface area contributed by atoms with Gasteiger partial charge in [0, 0.05) is 7.05 Å². The van der Waals surface area contributed by atoms with Gasteiger partial charge < -0.3 is 10.2 Å². The molecule has 62 valence electrons. The predicted octanol–water partition coefficient (Wildman–Crippen LogP) is 1.26. The molecule has 0 amide bonds. The van der Waals surface area contributed by atoms with Crippen molar-refractivity contribution in [3.05, 3.63) is 24.6 Å². The number of hydrogen-bond acceptors (Lipinski definition) is 3. The number of hydrogen-bond donors (Lipinski definition) is 1. The average Bonchev–Trinajstić information content (AvgIpc) is 2.61. The van der Waals surface area contributed by atoms with Crippen LogP contribution < -0.4 is 5.73 Å². The molecule has 4 heteroatoms. The highest BCUT2D eigenvalue weighted by atomic mass is 16.3. The highest BCUT2D eigenvalue weighted by Crippen LogP contribution is 2.24. The smallest absolute Gasteiger partial charge is 0.154 e. The highest BCUT2D eigenvalue weighted by molar-refractivity contribution is 5.68. The molecule has 0 saturated carbocycles. The summed E-state index contributed by atoms with van der Waals surface area (Å²) in [5.74, 6) is 0.743. The molecule has 2 aromatic heterocycles. The Bertz CT molecular complexity index is 355. The monoisotopic (exact) mass is 163 g/mol. The van der Waals surface area contributed by atoms with Crippen LogP contribution in [0.4, 0.5) is 5.69 Å². The minimum atomic E-state index is 0.632. The summed E-state index contributed by atoms with van der Waals surface area (Å²) in [6, 6.07) is 3.68. The van der Waals surface area contributed by atoms with Crippen LogP contribution in [-0.2, 0) is 7.05 Å². The molecule has 2 aromatic rings. The van der Waals surface area contributed by atoms with E-state index in [1.165, 1.54) is 0 Å². The lowest BCUT2D eigenvalue weighted by molar-refractivity contribution is 0.573. The van der Waals surface area contributed by atoms with E-state index in [1.807, 2.05) is 19.2 Å². The first kappa shape index (κ1) is 6.97. The quantitative estimate of drug-likeness (QED) is 0.688. The molecule has 0 aliphatic heterocycles. The molecule has 0 saturated heterocycles. The molecule has 0 aromatic carbocycles. The minimum absolute atomic E-state index is 0.632. The lowest BCUT2D eigenvalue weighted by atomic mass is 10.3. The first-order valence-corrected chi connectivity index (χ1v) is 3.60. The molecule has 0 radical (unpaired) electrons. The Morgan fingerprint density at radius 3 is 2.92 bits per heavy atom. The van der Waals surface area contributed by atoms with E-state index in [9.17, 15) is 0 Å². The number of nitrogens with zero attached hydrogens (tertiary/aromatic N) is 2. The van der Waals surface area contributed by atoms with Gasteiger partial charge in [0.15, 0.2) is 5.76 Å². The Morgan fingerprint density at radius 2 is 2.42 bits per heavy atom. The zero-order chi connectivity index (χ0) is 8.55. The van der Waals surface area contributed by atoms with E-state index >= 15 is 0 Å². The number of anilines is 1. The van der Waals surface area contributed by atoms with E-state index < -0.39 is 0 Å². The van der Waals surface area contributed by atoms with E-state index in [1.54, 1.807) is 17.1 Å². The van der Waals surface area contributed by atoms with Crippen molar-refractivity contribution >= 4 is 5.69 Å². The van der Waals surface area contributed by atoms with Gasteiger partial charge in [-0.25, -0.2) is 0 Å². The van der Waals surface area contributed by atoms with Crippen molar-refractivity contribution in [1.29, 1.82) is 0 Å². The standard InChI is InChI=1S/C8H9N3O/c1-11-8(6(9)5-10-11)7-3-2-4-12-7/h2-5H,9H2,1H3. The summed E-state index contributed by atoms with van der Waals surface area (Å²) in [7, 11) is 1.83. The van der Waals surface area contributed by atoms with Crippen molar-refractivity contribution in [1.82, 2.24) is 9.78 Å². The van der Waals surface area contributed by atoms with Crippen LogP contribution in [0, 0.1) is 0 Å². The van der Waals surface area contributed by atoms with Crippen molar-refractivity contribution in [3.63, 3.8) is 0 Å². The Balaban J connectivity index is 2.60. The van der Waals surface area contributed by atoms with E-state index in [0.29, 0.717) is 5.69 Å². The molecule has 0 unspecified atom stereocenters. The number of nitrogens with two attached hydrogens (primary N) is 1. The molecule has 0 aliphatic carbocycles. The molecule has 0 atom stereocenters. The highest BCUT2D eigenvalue weighted by Gasteiger charge is 2.09. The van der Waals surface area contributed by atoms with Crippen molar-refractivity contribution in [2.45, 2.75) is 0 Å². The molecular formula is C8H9N3O. The van der Waals surface area contributed by atoms with Gasteiger partial charge in [-0.3, -0.25) is 4.68 Å². The summed E-state index contributed by atoms with van der Waals surface area (Å²) < 4.78 is 6.89. The van der Waals surface area contributed by atoms with Gasteiger partial charge in [-0.15, -0.1) is 0 Å². The molecule has 2 N–H and O–H groups in total. The van der Waals surface area contributed by atoms with Gasteiger partial charge in [0.1, 0.15) is 5.69 Å². The molecule has 4 nitrogen and oxygen atoms in total. The topological polar surface area (TPSA) is 57.0 Å². The lowest BCUT2D eigenvalue weighted by Crippen LogP contribution is -1.94. The second-order valence-corrected chi connectivity index (χ2v) is 2.55. The zero-order valence-electron chi connectivity index (χ0n) is 6.69. The van der Waals surface area contributed by atoms with Crippen LogP contribution in [0.15, 0.2) is 29.0 Å². The SMILES string of the molecule is Cn1ncc(N)c1-c1ccco1. The second-order valence-electron chi connectivity index (χ2n) is 2.55. The lowest BCUT2D eigenvalue weighted by Gasteiger charge is -1.97. The summed E-state index contributed by atoms with van der Waals surface area (Å²) >= 11 is 0. The van der Waals surface area contributed by atoms with E-state index in [0.717, 1.165) is 11.5 Å². The van der Waals surface area contributed by atoms with E-state index in [2.05, 4.69) is 5.10 Å². The van der Waals surface area contributed by atoms with Crippen LogP contribution in [0.25, 0.3) is 11.5 Å². The van der Waals surface area contributed by atoms with Crippen molar-refractivity contribution in [2.75, 3.05) is 5.73 Å². The van der Waals surface area contributed by atoms with E-state index in [-0.39, 0.29) is 0 Å². The van der Waals surface area contributed by atoms with Crippen LogP contribution in [0.5, 0.6) is 0 Å². The van der Waals surface area contributed by atoms with Crippen molar-refractivity contribution in [3.8, 4) is 11.5 Å². The second kappa shape index (κ2) is 2.41. The number of furan rings is 1. The fourth-order valence-corrected chi connectivity index (χ4v) is 1.17. The third-order valence-electron chi connectivity index (χ3n) is 1.72. The van der Waals surface area contributed by atoms with Gasteiger partial charge in [-0.05, 0) is 12.1 Å². The molecule has 2 rings (SSSR count). The number of aryl methyl sites for hydroxylation is 1. The van der Waals surface area contributed by atoms with Crippen LogP contribution in [-0.4, -0.2) is 9.78 Å². The third-order valence-corrected chi connectivity index (χ3v) is 1.72. The normalized spacial score (nSPS) is 10.4. The van der Waals surface area contributed by atoms with Crippen molar-refractivity contribution in [2.24, 2.45) is 7.05 Å². The number of rotatable bonds is 1. The van der Waals surface area contributed by atoms with Gasteiger partial charge in [-0.2, -0.15) is 5.10 Å². The average molecular weight is 163 g/mol. The first-order valence-electron chi connectivity index (χ1n) is 3.60. The molecule has 0 bridgehead atoms. The van der Waals surface area contributed by atoms with Gasteiger partial charge >= 0.3 is 0 Å². The molecule has 0 aliphatic rings. The van der Waals surface area contributed by atoms with Gasteiger partial charge in [0.25, 0.3) is 0 Å². The maximum Gasteiger partial charge on any atom is 0.154 e. The van der Waals surface area contributed by atoms with E-state index in [4.69, 9.17) is 10.2 Å². The van der Waals surface area contributed by atoms with Crippen LogP contribution in [0.1, 0.15) is 0 Å². The minimum Gasteiger partial charge on any atom is -0.463 e. The summed E-state index contributed by atoms with van der Waals surface area (Å²) in [4.78, 5) is 0. The predicted molar refractivity (Wildman–Crippen MR) is 45.3 cm³/mol. The summed E-state index contributed by atoms with van der Waals surface area (Å²) in [6.45, 7) is 0. The maximum atomic E-state index is 5.69. The molecule has 2 heterocycles. The van der Waals surface area contributed by atoms with Crippen LogP contribution in [0.2, 0.25) is 0 Å². The zero-order valence-corrected chi connectivity index (χ0v) is 6.69. The largest absolute Gasteiger partial charge is 0.463 e. The fraction of sp³-hybridized carbons (Fsp3) is 0.125. The molecule has 12 heavy (non-hydrogen) atoms. The summed E-state index contributed by atoms with van der Waals surface area (Å²) in [5.41, 5.74) is 7.14. The maximum absolute atomic E-state index is 5.69. The van der Waals surface area contributed by atoms with Crippen molar-refractivity contribution < 1.29 is 4.42 Å². The Morgan fingerprint density at radius 1 is 1.58 bits per heavy atom. The Labute approximate surface area is 69.6 Å². The third kappa shape index (κ3) is 0.887. The number of nitrogen functional groups attached to an aromatic ring is 1. The first-order chi connectivity index (χ1) is 5.79. The summed E-state index contributed by atoms with van der Waals surface area (Å²) in [5, 5.41) is 4.00. The van der Waals surface area contributed by atoms with Gasteiger partial charge in [0.05, 0.1) is 18.1 Å². The molecule has 0 fully saturated rings. The Kier molecular flexibility index (Phi) is 1.40. The van der Waals surface area contributed by atoms with Gasteiger partial charge in [-0.1, -0.05) is 0 Å².